The van der Waals surface area contributed by atoms with Crippen molar-refractivity contribution in [2.75, 3.05) is 20.3 Å². The van der Waals surface area contributed by atoms with E-state index in [0.29, 0.717) is 31.6 Å². The predicted molar refractivity (Wildman–Crippen MR) is 113 cm³/mol. The summed E-state index contributed by atoms with van der Waals surface area (Å²) >= 11 is 0. The summed E-state index contributed by atoms with van der Waals surface area (Å²) in [6, 6.07) is 0. The molecule has 7 heteroatoms. The van der Waals surface area contributed by atoms with Gasteiger partial charge in [0.2, 0.25) is 0 Å². The summed E-state index contributed by atoms with van der Waals surface area (Å²) in [6.45, 7) is 10.4. The highest BCUT2D eigenvalue weighted by molar-refractivity contribution is 6.05. The van der Waals surface area contributed by atoms with E-state index >= 15 is 0 Å². The first kappa shape index (κ1) is 22.1. The van der Waals surface area contributed by atoms with Crippen molar-refractivity contribution in [2.24, 2.45) is 34.0 Å². The standard InChI is InChI=1S/C25H34O7/c1-13-16-9-17(31-14(2)26)20-24-8-6-7-23(4,11-30-12-24)18(24)10-19(29-5)25(20,21(13)28)22(16)32-15(3)27/h16-20,22H,1,6-12H2,2-5H3/t16-,17+,18-,19+,20+,22-,23+,24+,25-/m1/s1. The van der Waals surface area contributed by atoms with Gasteiger partial charge in [-0.15, -0.1) is 0 Å². The van der Waals surface area contributed by atoms with Crippen LogP contribution in [-0.4, -0.2) is 56.4 Å². The summed E-state index contributed by atoms with van der Waals surface area (Å²) in [7, 11) is 1.63. The maximum Gasteiger partial charge on any atom is 0.302 e. The topological polar surface area (TPSA) is 88.1 Å². The Morgan fingerprint density at radius 1 is 1.09 bits per heavy atom. The lowest BCUT2D eigenvalue weighted by molar-refractivity contribution is -0.299. The molecule has 0 radical (unpaired) electrons. The lowest BCUT2D eigenvalue weighted by atomic mass is 9.38. The Morgan fingerprint density at radius 3 is 2.47 bits per heavy atom. The summed E-state index contributed by atoms with van der Waals surface area (Å²) in [6.07, 6.45) is 2.53. The second kappa shape index (κ2) is 7.13. The molecule has 5 aliphatic rings. The maximum atomic E-state index is 14.1. The third kappa shape index (κ3) is 2.58. The Bertz CT molecular complexity index is 868. The van der Waals surface area contributed by atoms with Gasteiger partial charge in [0.25, 0.3) is 0 Å². The molecule has 0 aromatic carbocycles. The van der Waals surface area contributed by atoms with Crippen LogP contribution in [0.1, 0.15) is 52.9 Å². The SMILES string of the molecule is C=C1C(=O)[C@@]23[C@@H](OC)C[C@@H]4[C@@]5(C)CCC[C@@]4(COC5)[C@@H]2[C@@H](OC(C)=O)C[C@H]1[C@H]3OC(C)=O. The van der Waals surface area contributed by atoms with Crippen molar-refractivity contribution >= 4 is 17.7 Å². The van der Waals surface area contributed by atoms with Crippen molar-refractivity contribution in [3.8, 4) is 0 Å². The van der Waals surface area contributed by atoms with Gasteiger partial charge >= 0.3 is 11.9 Å². The van der Waals surface area contributed by atoms with E-state index in [1.165, 1.54) is 13.8 Å². The van der Waals surface area contributed by atoms with Crippen LogP contribution in [0.2, 0.25) is 0 Å². The van der Waals surface area contributed by atoms with Gasteiger partial charge in [-0.05, 0) is 42.6 Å². The molecule has 1 aliphatic heterocycles. The summed E-state index contributed by atoms with van der Waals surface area (Å²) in [4.78, 5) is 38.5. The molecular weight excluding hydrogens is 412 g/mol. The van der Waals surface area contributed by atoms with Crippen LogP contribution in [0.4, 0.5) is 0 Å². The average molecular weight is 447 g/mol. The molecule has 32 heavy (non-hydrogen) atoms. The van der Waals surface area contributed by atoms with E-state index in [0.717, 1.165) is 19.3 Å². The number of ketones is 1. The first-order valence-corrected chi connectivity index (χ1v) is 11.8. The number of hydrogen-bond acceptors (Lipinski definition) is 7. The minimum Gasteiger partial charge on any atom is -0.462 e. The van der Waals surface area contributed by atoms with Gasteiger partial charge in [-0.1, -0.05) is 19.9 Å². The molecule has 0 aromatic rings. The monoisotopic (exact) mass is 446 g/mol. The van der Waals surface area contributed by atoms with Crippen LogP contribution in [0.25, 0.3) is 0 Å². The number of esters is 2. The third-order valence-corrected chi connectivity index (χ3v) is 9.57. The van der Waals surface area contributed by atoms with Crippen LogP contribution < -0.4 is 0 Å². The molecule has 4 aliphatic carbocycles. The molecule has 1 spiro atoms. The second-order valence-corrected chi connectivity index (χ2v) is 11.0. The largest absolute Gasteiger partial charge is 0.462 e. The molecule has 4 bridgehead atoms. The number of ether oxygens (including phenoxy) is 4. The van der Waals surface area contributed by atoms with E-state index in [1.54, 1.807) is 7.11 Å². The van der Waals surface area contributed by atoms with Gasteiger partial charge in [0.05, 0.1) is 19.3 Å². The molecule has 4 saturated carbocycles. The number of rotatable bonds is 3. The van der Waals surface area contributed by atoms with Crippen molar-refractivity contribution < 1.29 is 33.3 Å². The summed E-state index contributed by atoms with van der Waals surface area (Å²) in [5.74, 6) is -1.34. The molecule has 1 heterocycles. The minimum absolute atomic E-state index is 0.0257. The van der Waals surface area contributed by atoms with Gasteiger partial charge < -0.3 is 18.9 Å². The summed E-state index contributed by atoms with van der Waals surface area (Å²) in [5, 5.41) is 0. The van der Waals surface area contributed by atoms with Gasteiger partial charge in [0.1, 0.15) is 17.6 Å². The van der Waals surface area contributed by atoms with Crippen molar-refractivity contribution in [1.82, 2.24) is 0 Å². The van der Waals surface area contributed by atoms with E-state index in [1.807, 2.05) is 0 Å². The number of carbonyl (C=O) groups excluding carboxylic acids is 3. The fraction of sp³-hybridized carbons (Fsp3) is 0.800. The number of fused-ring (bicyclic) bond motifs is 1. The predicted octanol–water partition coefficient (Wildman–Crippen LogP) is 2.85. The van der Waals surface area contributed by atoms with Crippen LogP contribution in [0.3, 0.4) is 0 Å². The van der Waals surface area contributed by atoms with E-state index in [-0.39, 0.29) is 40.3 Å². The number of Topliss-reactive ketones (excluding diaryl/α,β-unsaturated/α-hetero) is 1. The lowest BCUT2D eigenvalue weighted by Crippen LogP contribution is -2.74. The third-order valence-electron chi connectivity index (χ3n) is 9.57. The van der Waals surface area contributed by atoms with Gasteiger partial charge in [-0.3, -0.25) is 14.4 Å². The number of methoxy groups -OCH3 is 1. The maximum absolute atomic E-state index is 14.1. The van der Waals surface area contributed by atoms with Crippen LogP contribution in [0.15, 0.2) is 12.2 Å². The minimum atomic E-state index is -1.12. The molecule has 1 saturated heterocycles. The highest BCUT2D eigenvalue weighted by Gasteiger charge is 2.80. The second-order valence-electron chi connectivity index (χ2n) is 11.0. The fourth-order valence-electron chi connectivity index (χ4n) is 8.80. The highest BCUT2D eigenvalue weighted by atomic mass is 16.6. The van der Waals surface area contributed by atoms with E-state index in [9.17, 15) is 14.4 Å². The quantitative estimate of drug-likeness (QED) is 0.487. The fourth-order valence-corrected chi connectivity index (χ4v) is 8.80. The molecular formula is C25H34O7. The lowest BCUT2D eigenvalue weighted by Gasteiger charge is -2.69. The normalized spacial score (nSPS) is 49.1. The van der Waals surface area contributed by atoms with E-state index in [4.69, 9.17) is 18.9 Å². The van der Waals surface area contributed by atoms with Gasteiger partial charge in [0.15, 0.2) is 5.78 Å². The highest BCUT2D eigenvalue weighted by Crippen LogP contribution is 2.73. The molecule has 0 unspecified atom stereocenters. The number of carbonyl (C=O) groups is 3. The Hall–Kier alpha value is -1.73. The van der Waals surface area contributed by atoms with Crippen LogP contribution in [0.5, 0.6) is 0 Å². The molecule has 9 atom stereocenters. The first-order valence-electron chi connectivity index (χ1n) is 11.8. The van der Waals surface area contributed by atoms with Crippen molar-refractivity contribution in [2.45, 2.75) is 71.2 Å². The van der Waals surface area contributed by atoms with E-state index in [2.05, 4.69) is 13.5 Å². The van der Waals surface area contributed by atoms with Gasteiger partial charge in [-0.2, -0.15) is 0 Å². The Labute approximate surface area is 189 Å². The zero-order valence-electron chi connectivity index (χ0n) is 19.5. The van der Waals surface area contributed by atoms with Gasteiger partial charge in [0, 0.05) is 38.2 Å². The smallest absolute Gasteiger partial charge is 0.302 e. The molecule has 0 amide bonds. The summed E-state index contributed by atoms with van der Waals surface area (Å²) in [5.41, 5.74) is -1.02. The molecule has 176 valence electrons. The zero-order valence-corrected chi connectivity index (χ0v) is 19.5. The molecule has 7 nitrogen and oxygen atoms in total. The summed E-state index contributed by atoms with van der Waals surface area (Å²) < 4.78 is 24.2. The van der Waals surface area contributed by atoms with Crippen molar-refractivity contribution in [3.63, 3.8) is 0 Å². The van der Waals surface area contributed by atoms with Crippen LogP contribution in [-0.2, 0) is 33.3 Å². The van der Waals surface area contributed by atoms with Gasteiger partial charge in [-0.25, -0.2) is 0 Å². The van der Waals surface area contributed by atoms with Crippen molar-refractivity contribution in [3.05, 3.63) is 12.2 Å². The zero-order chi connectivity index (χ0) is 23.1. The average Bonchev–Trinajstić information content (AvgIpc) is 2.83. The van der Waals surface area contributed by atoms with Crippen molar-refractivity contribution in [1.29, 1.82) is 0 Å². The number of hydrogen-bond donors (Lipinski definition) is 0. The van der Waals surface area contributed by atoms with Crippen LogP contribution >= 0.6 is 0 Å². The molecule has 5 rings (SSSR count). The first-order chi connectivity index (χ1) is 15.1. The Morgan fingerprint density at radius 2 is 1.81 bits per heavy atom. The molecule has 5 fully saturated rings. The molecule has 0 aromatic heterocycles. The van der Waals surface area contributed by atoms with Crippen LogP contribution in [0, 0.1) is 34.0 Å². The Balaban J connectivity index is 1.76. The molecule has 0 N–H and O–H groups in total. The van der Waals surface area contributed by atoms with E-state index < -0.39 is 29.7 Å². The Kier molecular flexibility index (Phi) is 4.92.